The summed E-state index contributed by atoms with van der Waals surface area (Å²) in [5.41, 5.74) is 1.06. The number of anilines is 1. The Labute approximate surface area is 145 Å². The summed E-state index contributed by atoms with van der Waals surface area (Å²) in [6.07, 6.45) is 4.74. The molecule has 4 nitrogen and oxygen atoms in total. The number of hydrogen-bond acceptors (Lipinski definition) is 4. The molecule has 25 heavy (non-hydrogen) atoms. The monoisotopic (exact) mass is 348 g/mol. The van der Waals surface area contributed by atoms with Gasteiger partial charge in [-0.25, -0.2) is 8.78 Å². The average Bonchev–Trinajstić information content (AvgIpc) is 3.13. The summed E-state index contributed by atoms with van der Waals surface area (Å²) < 4.78 is 39.0. The summed E-state index contributed by atoms with van der Waals surface area (Å²) in [7, 11) is 0. The number of aromatic nitrogens is 1. The second-order valence-electron chi connectivity index (χ2n) is 6.86. The highest BCUT2D eigenvalue weighted by molar-refractivity contribution is 5.92. The first-order valence-corrected chi connectivity index (χ1v) is 8.89. The minimum Gasteiger partial charge on any atom is -0.381 e. The van der Waals surface area contributed by atoms with Crippen LogP contribution in [-0.4, -0.2) is 44.0 Å². The maximum atomic E-state index is 14.0. The van der Waals surface area contributed by atoms with Gasteiger partial charge < -0.3 is 14.4 Å². The van der Waals surface area contributed by atoms with Gasteiger partial charge in [-0.05, 0) is 31.4 Å². The zero-order valence-electron chi connectivity index (χ0n) is 14.1. The van der Waals surface area contributed by atoms with Gasteiger partial charge in [0.05, 0.1) is 19.3 Å². The van der Waals surface area contributed by atoms with Crippen LogP contribution in [-0.2, 0) is 9.47 Å². The van der Waals surface area contributed by atoms with Gasteiger partial charge in [0.25, 0.3) is 0 Å². The van der Waals surface area contributed by atoms with Crippen LogP contribution in [0.2, 0.25) is 0 Å². The number of pyridine rings is 1. The predicted molar refractivity (Wildman–Crippen MR) is 91.8 cm³/mol. The van der Waals surface area contributed by atoms with Gasteiger partial charge in [0, 0.05) is 49.0 Å². The van der Waals surface area contributed by atoms with Gasteiger partial charge in [-0.15, -0.1) is 0 Å². The predicted octanol–water partition coefficient (Wildman–Crippen LogP) is 3.53. The molecule has 2 aromatic rings. The van der Waals surface area contributed by atoms with Crippen molar-refractivity contribution in [1.82, 2.24) is 4.98 Å². The van der Waals surface area contributed by atoms with Crippen molar-refractivity contribution < 1.29 is 18.3 Å². The number of fused-ring (bicyclic) bond motifs is 1. The fourth-order valence-corrected chi connectivity index (χ4v) is 3.69. The lowest BCUT2D eigenvalue weighted by atomic mass is 10.0. The van der Waals surface area contributed by atoms with Crippen LogP contribution in [0.25, 0.3) is 10.9 Å². The Morgan fingerprint density at radius 2 is 2.04 bits per heavy atom. The Hall–Kier alpha value is -1.79. The molecule has 0 bridgehead atoms. The second kappa shape index (κ2) is 7.22. The van der Waals surface area contributed by atoms with Gasteiger partial charge in [0.2, 0.25) is 0 Å². The van der Waals surface area contributed by atoms with E-state index in [1.165, 1.54) is 6.07 Å². The molecule has 4 rings (SSSR count). The van der Waals surface area contributed by atoms with Crippen molar-refractivity contribution in [1.29, 1.82) is 0 Å². The van der Waals surface area contributed by atoms with E-state index in [4.69, 9.17) is 9.47 Å². The maximum Gasteiger partial charge on any atom is 0.152 e. The van der Waals surface area contributed by atoms with E-state index in [9.17, 15) is 8.78 Å². The van der Waals surface area contributed by atoms with Crippen molar-refractivity contribution in [3.8, 4) is 0 Å². The molecular weight excluding hydrogens is 326 g/mol. The summed E-state index contributed by atoms with van der Waals surface area (Å²) in [4.78, 5) is 6.23. The highest BCUT2D eigenvalue weighted by Gasteiger charge is 2.24. The van der Waals surface area contributed by atoms with Crippen molar-refractivity contribution in [2.75, 3.05) is 37.8 Å². The van der Waals surface area contributed by atoms with E-state index < -0.39 is 11.6 Å². The van der Waals surface area contributed by atoms with Gasteiger partial charge in [-0.1, -0.05) is 0 Å². The van der Waals surface area contributed by atoms with Gasteiger partial charge in [-0.3, -0.25) is 4.98 Å². The number of piperidine rings is 1. The smallest absolute Gasteiger partial charge is 0.152 e. The molecule has 1 unspecified atom stereocenters. The third-order valence-electron chi connectivity index (χ3n) is 5.11. The summed E-state index contributed by atoms with van der Waals surface area (Å²) in [5, 5.41) is 0.530. The van der Waals surface area contributed by atoms with Crippen molar-refractivity contribution in [3.63, 3.8) is 0 Å². The average molecular weight is 348 g/mol. The molecule has 1 aromatic carbocycles. The van der Waals surface area contributed by atoms with Crippen LogP contribution >= 0.6 is 0 Å². The number of ether oxygens (including phenoxy) is 2. The zero-order chi connectivity index (χ0) is 17.2. The Morgan fingerprint density at radius 3 is 2.80 bits per heavy atom. The van der Waals surface area contributed by atoms with Crippen LogP contribution < -0.4 is 4.90 Å². The standard InChI is InChI=1S/C19H22F2N2O2/c20-14-9-16-18(1-5-22-19(16)17(21)10-14)23-6-2-15(3-7-23)25-12-13-4-8-24-11-13/h1,5,9-10,13,15H,2-4,6-8,11-12H2. The van der Waals surface area contributed by atoms with E-state index in [1.54, 1.807) is 6.20 Å². The summed E-state index contributed by atoms with van der Waals surface area (Å²) in [6, 6.07) is 4.08. The lowest BCUT2D eigenvalue weighted by molar-refractivity contribution is 0.0132. The highest BCUT2D eigenvalue weighted by atomic mass is 19.1. The molecule has 134 valence electrons. The van der Waals surface area contributed by atoms with Gasteiger partial charge in [0.1, 0.15) is 11.3 Å². The first-order valence-electron chi connectivity index (χ1n) is 8.89. The van der Waals surface area contributed by atoms with Gasteiger partial charge in [0.15, 0.2) is 5.82 Å². The molecule has 0 spiro atoms. The van der Waals surface area contributed by atoms with Crippen LogP contribution in [0.5, 0.6) is 0 Å². The van der Waals surface area contributed by atoms with E-state index in [-0.39, 0.29) is 11.6 Å². The van der Waals surface area contributed by atoms with Gasteiger partial charge in [-0.2, -0.15) is 0 Å². The molecule has 1 aromatic heterocycles. The van der Waals surface area contributed by atoms with Crippen molar-refractivity contribution >= 4 is 16.6 Å². The van der Waals surface area contributed by atoms with Crippen LogP contribution in [0.1, 0.15) is 19.3 Å². The van der Waals surface area contributed by atoms with Crippen LogP contribution in [0.4, 0.5) is 14.5 Å². The second-order valence-corrected chi connectivity index (χ2v) is 6.86. The molecule has 1 atom stereocenters. The van der Waals surface area contributed by atoms with E-state index in [2.05, 4.69) is 9.88 Å². The molecule has 0 N–H and O–H groups in total. The Morgan fingerprint density at radius 1 is 1.20 bits per heavy atom. The zero-order valence-corrected chi connectivity index (χ0v) is 14.1. The largest absolute Gasteiger partial charge is 0.381 e. The molecule has 2 aliphatic heterocycles. The number of nitrogens with zero attached hydrogens (tertiary/aromatic N) is 2. The lowest BCUT2D eigenvalue weighted by Crippen LogP contribution is -2.37. The minimum absolute atomic E-state index is 0.221. The molecule has 0 aliphatic carbocycles. The van der Waals surface area contributed by atoms with E-state index in [0.717, 1.165) is 63.9 Å². The molecule has 2 aliphatic rings. The number of rotatable bonds is 4. The normalized spacial score (nSPS) is 22.0. The van der Waals surface area contributed by atoms with Gasteiger partial charge >= 0.3 is 0 Å². The van der Waals surface area contributed by atoms with E-state index >= 15 is 0 Å². The first kappa shape index (κ1) is 16.7. The molecule has 0 amide bonds. The molecule has 2 fully saturated rings. The quantitative estimate of drug-likeness (QED) is 0.847. The molecule has 6 heteroatoms. The number of halogens is 2. The molecular formula is C19H22F2N2O2. The fourth-order valence-electron chi connectivity index (χ4n) is 3.69. The fraction of sp³-hybridized carbons (Fsp3) is 0.526. The number of hydrogen-bond donors (Lipinski definition) is 0. The summed E-state index contributed by atoms with van der Waals surface area (Å²) in [5.74, 6) is -0.668. The highest BCUT2D eigenvalue weighted by Crippen LogP contribution is 2.30. The van der Waals surface area contributed by atoms with Crippen molar-refractivity contribution in [2.45, 2.75) is 25.4 Å². The lowest BCUT2D eigenvalue weighted by Gasteiger charge is -2.34. The Bertz CT molecular complexity index is 742. The number of benzene rings is 1. The van der Waals surface area contributed by atoms with E-state index in [0.29, 0.717) is 11.3 Å². The van der Waals surface area contributed by atoms with Crippen LogP contribution in [0.15, 0.2) is 24.4 Å². The van der Waals surface area contributed by atoms with Crippen molar-refractivity contribution in [3.05, 3.63) is 36.0 Å². The van der Waals surface area contributed by atoms with Crippen LogP contribution in [0, 0.1) is 17.6 Å². The van der Waals surface area contributed by atoms with Crippen LogP contribution in [0.3, 0.4) is 0 Å². The van der Waals surface area contributed by atoms with E-state index in [1.807, 2.05) is 6.07 Å². The third-order valence-corrected chi connectivity index (χ3v) is 5.11. The third kappa shape index (κ3) is 3.60. The molecule has 0 radical (unpaired) electrons. The minimum atomic E-state index is -0.617. The Balaban J connectivity index is 1.43. The maximum absolute atomic E-state index is 14.0. The summed E-state index contributed by atoms with van der Waals surface area (Å²) in [6.45, 7) is 4.03. The molecule has 0 saturated carbocycles. The first-order chi connectivity index (χ1) is 12.2. The van der Waals surface area contributed by atoms with Crippen molar-refractivity contribution in [2.24, 2.45) is 5.92 Å². The molecule has 2 saturated heterocycles. The SMILES string of the molecule is Fc1cc(F)c2nccc(N3CCC(OCC4CCOC4)CC3)c2c1. The Kier molecular flexibility index (Phi) is 4.81. The molecule has 3 heterocycles. The summed E-state index contributed by atoms with van der Waals surface area (Å²) >= 11 is 0. The topological polar surface area (TPSA) is 34.6 Å².